The minimum absolute atomic E-state index is 0.642. The van der Waals surface area contributed by atoms with Crippen LogP contribution in [0.15, 0.2) is 6.20 Å². The van der Waals surface area contributed by atoms with E-state index in [4.69, 9.17) is 4.98 Å². The highest BCUT2D eigenvalue weighted by Crippen LogP contribution is 2.32. The Labute approximate surface area is 129 Å². The molecule has 0 saturated heterocycles. The highest BCUT2D eigenvalue weighted by atomic mass is 15.2. The van der Waals surface area contributed by atoms with E-state index < -0.39 is 0 Å². The van der Waals surface area contributed by atoms with E-state index in [1.807, 2.05) is 0 Å². The first-order valence-corrected chi connectivity index (χ1v) is 9.02. The van der Waals surface area contributed by atoms with Crippen LogP contribution in [0.5, 0.6) is 0 Å². The van der Waals surface area contributed by atoms with E-state index in [9.17, 15) is 0 Å². The highest BCUT2D eigenvalue weighted by molar-refractivity contribution is 5.30. The average Bonchev–Trinajstić information content (AvgIpc) is 2.82. The molecule has 1 aromatic rings. The monoisotopic (exact) mass is 289 g/mol. The molecule has 21 heavy (non-hydrogen) atoms. The highest BCUT2D eigenvalue weighted by Gasteiger charge is 2.23. The lowest BCUT2D eigenvalue weighted by atomic mass is 9.80. The van der Waals surface area contributed by atoms with Crippen LogP contribution in [-0.4, -0.2) is 15.6 Å². The molecule has 3 rings (SSSR count). The van der Waals surface area contributed by atoms with Crippen LogP contribution in [0.3, 0.4) is 0 Å². The van der Waals surface area contributed by atoms with Crippen LogP contribution in [0.2, 0.25) is 0 Å². The fourth-order valence-corrected chi connectivity index (χ4v) is 4.15. The number of nitrogens with zero attached hydrogens (tertiary/aromatic N) is 2. The molecule has 0 amide bonds. The van der Waals surface area contributed by atoms with Crippen LogP contribution in [-0.2, 0) is 6.54 Å². The van der Waals surface area contributed by atoms with E-state index in [-0.39, 0.29) is 0 Å². The van der Waals surface area contributed by atoms with Crippen molar-refractivity contribution < 1.29 is 0 Å². The summed E-state index contributed by atoms with van der Waals surface area (Å²) in [5.41, 5.74) is 1.15. The van der Waals surface area contributed by atoms with Gasteiger partial charge >= 0.3 is 0 Å². The number of anilines is 1. The summed E-state index contributed by atoms with van der Waals surface area (Å²) >= 11 is 0. The number of hydrogen-bond acceptors (Lipinski definition) is 2. The number of nitrogens with one attached hydrogen (secondary N) is 1. The minimum Gasteiger partial charge on any atom is -0.353 e. The summed E-state index contributed by atoms with van der Waals surface area (Å²) < 4.78 is 2.40. The Morgan fingerprint density at radius 3 is 2.57 bits per heavy atom. The molecule has 0 bridgehead atoms. The first kappa shape index (κ1) is 14.9. The number of rotatable bonds is 4. The van der Waals surface area contributed by atoms with Crippen LogP contribution < -0.4 is 5.32 Å². The second kappa shape index (κ2) is 6.85. The third kappa shape index (κ3) is 3.81. The van der Waals surface area contributed by atoms with Gasteiger partial charge in [-0.05, 0) is 38.0 Å². The van der Waals surface area contributed by atoms with Crippen molar-refractivity contribution in [2.45, 2.75) is 84.2 Å². The molecule has 0 aliphatic heterocycles. The summed E-state index contributed by atoms with van der Waals surface area (Å²) in [7, 11) is 0. The van der Waals surface area contributed by atoms with Gasteiger partial charge in [-0.15, -0.1) is 0 Å². The van der Waals surface area contributed by atoms with Crippen LogP contribution >= 0.6 is 0 Å². The van der Waals surface area contributed by atoms with Crippen molar-refractivity contribution in [1.29, 1.82) is 0 Å². The van der Waals surface area contributed by atoms with Crippen LogP contribution in [0.4, 0.5) is 5.95 Å². The molecule has 1 aromatic heterocycles. The molecule has 0 aromatic carbocycles. The third-order valence-electron chi connectivity index (χ3n) is 5.56. The van der Waals surface area contributed by atoms with Gasteiger partial charge in [0.1, 0.15) is 0 Å². The Kier molecular flexibility index (Phi) is 4.87. The molecule has 3 heteroatoms. The predicted octanol–water partition coefficient (Wildman–Crippen LogP) is 4.76. The molecule has 2 saturated carbocycles. The van der Waals surface area contributed by atoms with Gasteiger partial charge in [0.05, 0.1) is 5.69 Å². The fourth-order valence-electron chi connectivity index (χ4n) is 4.15. The zero-order chi connectivity index (χ0) is 14.7. The van der Waals surface area contributed by atoms with Gasteiger partial charge in [0.25, 0.3) is 0 Å². The van der Waals surface area contributed by atoms with Crippen LogP contribution in [0.1, 0.15) is 70.4 Å². The number of aromatic nitrogens is 2. The van der Waals surface area contributed by atoms with E-state index in [0.717, 1.165) is 30.0 Å². The maximum atomic E-state index is 4.75. The second-order valence-corrected chi connectivity index (χ2v) is 7.36. The predicted molar refractivity (Wildman–Crippen MR) is 88.6 cm³/mol. The van der Waals surface area contributed by atoms with Crippen molar-refractivity contribution in [2.24, 2.45) is 11.8 Å². The van der Waals surface area contributed by atoms with Crippen molar-refractivity contribution in [1.82, 2.24) is 9.55 Å². The summed E-state index contributed by atoms with van der Waals surface area (Å²) in [5, 5.41) is 3.73. The molecule has 1 N–H and O–H groups in total. The maximum Gasteiger partial charge on any atom is 0.203 e. The molecule has 2 atom stereocenters. The Morgan fingerprint density at radius 2 is 1.81 bits per heavy atom. The lowest BCUT2D eigenvalue weighted by Crippen LogP contribution is -2.26. The molecular formula is C18H31N3. The third-order valence-corrected chi connectivity index (χ3v) is 5.56. The first-order valence-electron chi connectivity index (χ1n) is 9.02. The zero-order valence-electron chi connectivity index (χ0n) is 13.8. The molecule has 2 aliphatic carbocycles. The van der Waals surface area contributed by atoms with Gasteiger partial charge in [-0.2, -0.15) is 0 Å². The summed E-state index contributed by atoms with van der Waals surface area (Å²) in [6.45, 7) is 5.70. The number of imidazole rings is 1. The smallest absolute Gasteiger partial charge is 0.203 e. The quantitative estimate of drug-likeness (QED) is 0.866. The summed E-state index contributed by atoms with van der Waals surface area (Å²) in [5.74, 6) is 2.82. The van der Waals surface area contributed by atoms with E-state index in [1.165, 1.54) is 57.8 Å². The SMILES string of the molecule is Cc1cn(CC2CCCCC2C)c(NC2CCCCC2)n1. The molecule has 2 fully saturated rings. The second-order valence-electron chi connectivity index (χ2n) is 7.36. The molecule has 118 valence electrons. The average molecular weight is 289 g/mol. The lowest BCUT2D eigenvalue weighted by molar-refractivity contribution is 0.229. The van der Waals surface area contributed by atoms with E-state index in [2.05, 4.69) is 29.9 Å². The van der Waals surface area contributed by atoms with Crippen molar-refractivity contribution in [3.63, 3.8) is 0 Å². The summed E-state index contributed by atoms with van der Waals surface area (Å²) in [4.78, 5) is 4.75. The van der Waals surface area contributed by atoms with Gasteiger partial charge in [0, 0.05) is 18.8 Å². The minimum atomic E-state index is 0.642. The van der Waals surface area contributed by atoms with Crippen LogP contribution in [0.25, 0.3) is 0 Å². The van der Waals surface area contributed by atoms with Crippen molar-refractivity contribution in [3.8, 4) is 0 Å². The molecule has 0 spiro atoms. The first-order chi connectivity index (χ1) is 10.2. The van der Waals surface area contributed by atoms with Crippen molar-refractivity contribution in [3.05, 3.63) is 11.9 Å². The van der Waals surface area contributed by atoms with E-state index in [1.54, 1.807) is 0 Å². The van der Waals surface area contributed by atoms with Gasteiger partial charge in [-0.3, -0.25) is 0 Å². The van der Waals surface area contributed by atoms with Gasteiger partial charge in [-0.25, -0.2) is 4.98 Å². The van der Waals surface area contributed by atoms with Gasteiger partial charge < -0.3 is 9.88 Å². The Balaban J connectivity index is 1.66. The van der Waals surface area contributed by atoms with Crippen LogP contribution in [0, 0.1) is 18.8 Å². The molecule has 3 nitrogen and oxygen atoms in total. The van der Waals surface area contributed by atoms with Crippen molar-refractivity contribution in [2.75, 3.05) is 5.32 Å². The van der Waals surface area contributed by atoms with Crippen molar-refractivity contribution >= 4 is 5.95 Å². The largest absolute Gasteiger partial charge is 0.353 e. The Bertz CT molecular complexity index is 445. The Morgan fingerprint density at radius 1 is 1.10 bits per heavy atom. The maximum absolute atomic E-state index is 4.75. The normalized spacial score (nSPS) is 27.7. The molecular weight excluding hydrogens is 258 g/mol. The van der Waals surface area contributed by atoms with Gasteiger partial charge in [0.15, 0.2) is 0 Å². The summed E-state index contributed by atoms with van der Waals surface area (Å²) in [6.07, 6.45) is 14.6. The topological polar surface area (TPSA) is 29.9 Å². The molecule has 0 radical (unpaired) electrons. The number of aryl methyl sites for hydroxylation is 1. The van der Waals surface area contributed by atoms with Gasteiger partial charge in [0.2, 0.25) is 5.95 Å². The standard InChI is InChI=1S/C18H31N3/c1-14-8-6-7-9-16(14)13-21-12-15(2)19-18(21)20-17-10-4-3-5-11-17/h12,14,16-17H,3-11,13H2,1-2H3,(H,19,20). The molecule has 2 unspecified atom stereocenters. The van der Waals surface area contributed by atoms with E-state index in [0.29, 0.717) is 6.04 Å². The molecule has 1 heterocycles. The lowest BCUT2D eigenvalue weighted by Gasteiger charge is -2.30. The molecule has 2 aliphatic rings. The number of hydrogen-bond donors (Lipinski definition) is 1. The fraction of sp³-hybridized carbons (Fsp3) is 0.833. The zero-order valence-corrected chi connectivity index (χ0v) is 13.8. The summed E-state index contributed by atoms with van der Waals surface area (Å²) in [6, 6.07) is 0.642. The Hall–Kier alpha value is -0.990. The van der Waals surface area contributed by atoms with E-state index >= 15 is 0 Å². The van der Waals surface area contributed by atoms with Gasteiger partial charge in [-0.1, -0.05) is 45.4 Å².